The molecular weight excluding hydrogens is 220 g/mol. The number of aryl methyl sites for hydroxylation is 1. The Morgan fingerprint density at radius 1 is 1.41 bits per heavy atom. The number of hydrogen-bond donors (Lipinski definition) is 2. The molecule has 0 radical (unpaired) electrons. The molecule has 1 unspecified atom stereocenters. The van der Waals surface area contributed by atoms with Gasteiger partial charge in [-0.2, -0.15) is 0 Å². The molecule has 1 aromatic rings. The molecule has 1 aliphatic heterocycles. The number of likely N-dealkylation sites (N-methyl/N-ethyl adjacent to an activating group) is 1. The number of nitrogens with zero attached hydrogens (tertiary/aromatic N) is 2. The molecule has 1 saturated heterocycles. The molecule has 92 valence electrons. The van der Waals surface area contributed by atoms with Gasteiger partial charge in [-0.25, -0.2) is 4.79 Å². The molecule has 0 aliphatic carbocycles. The Labute approximate surface area is 99.4 Å². The normalized spacial score (nSPS) is 24.3. The highest BCUT2D eigenvalue weighted by atomic mass is 16.2. The fourth-order valence-corrected chi connectivity index (χ4v) is 2.18. The molecule has 0 aromatic carbocycles. The highest BCUT2D eigenvalue weighted by Crippen LogP contribution is 2.31. The van der Waals surface area contributed by atoms with E-state index in [0.717, 1.165) is 10.5 Å². The van der Waals surface area contributed by atoms with E-state index in [1.807, 2.05) is 30.1 Å². The summed E-state index contributed by atoms with van der Waals surface area (Å²) < 4.78 is 1.84. The number of carbonyl (C=O) groups excluding carboxylic acids is 2. The maximum Gasteiger partial charge on any atom is 0.325 e. The molecule has 1 aliphatic rings. The molecule has 0 spiro atoms. The van der Waals surface area contributed by atoms with Gasteiger partial charge in [0, 0.05) is 32.1 Å². The molecule has 3 amide bonds. The first-order chi connectivity index (χ1) is 8.01. The Bertz CT molecular complexity index is 468. The molecule has 2 rings (SSSR count). The summed E-state index contributed by atoms with van der Waals surface area (Å²) in [6.07, 6.45) is 4.06. The highest BCUT2D eigenvalue weighted by molar-refractivity contribution is 6.07. The van der Waals surface area contributed by atoms with Crippen LogP contribution in [-0.4, -0.2) is 35.0 Å². The second-order valence-corrected chi connectivity index (χ2v) is 4.30. The number of nitrogens with one attached hydrogen (secondary N) is 1. The minimum atomic E-state index is -0.998. The van der Waals surface area contributed by atoms with E-state index in [4.69, 9.17) is 5.73 Å². The van der Waals surface area contributed by atoms with Crippen LogP contribution in [0.2, 0.25) is 0 Å². The Balaban J connectivity index is 2.47. The molecule has 6 heteroatoms. The Morgan fingerprint density at radius 3 is 2.53 bits per heavy atom. The van der Waals surface area contributed by atoms with Crippen molar-refractivity contribution in [2.45, 2.75) is 12.0 Å². The Kier molecular flexibility index (Phi) is 2.66. The van der Waals surface area contributed by atoms with Crippen LogP contribution in [0.1, 0.15) is 12.0 Å². The van der Waals surface area contributed by atoms with Gasteiger partial charge in [0.2, 0.25) is 0 Å². The minimum Gasteiger partial charge on any atom is -0.357 e. The van der Waals surface area contributed by atoms with Crippen molar-refractivity contribution in [2.24, 2.45) is 12.8 Å². The van der Waals surface area contributed by atoms with Gasteiger partial charge in [0.15, 0.2) is 0 Å². The summed E-state index contributed by atoms with van der Waals surface area (Å²) in [6, 6.07) is 1.44. The average Bonchev–Trinajstić information content (AvgIpc) is 2.80. The number of amides is 3. The molecule has 6 nitrogen and oxygen atoms in total. The van der Waals surface area contributed by atoms with Gasteiger partial charge in [-0.15, -0.1) is 0 Å². The van der Waals surface area contributed by atoms with E-state index in [2.05, 4.69) is 5.32 Å². The summed E-state index contributed by atoms with van der Waals surface area (Å²) in [5, 5.41) is 2.74. The first-order valence-electron chi connectivity index (χ1n) is 5.44. The molecule has 17 heavy (non-hydrogen) atoms. The summed E-state index contributed by atoms with van der Waals surface area (Å²) in [6.45, 7) is 0.328. The minimum absolute atomic E-state index is 0.251. The van der Waals surface area contributed by atoms with E-state index < -0.39 is 5.54 Å². The van der Waals surface area contributed by atoms with E-state index >= 15 is 0 Å². The van der Waals surface area contributed by atoms with E-state index in [0.29, 0.717) is 13.0 Å². The van der Waals surface area contributed by atoms with Crippen LogP contribution < -0.4 is 11.1 Å². The van der Waals surface area contributed by atoms with Crippen LogP contribution in [0, 0.1) is 0 Å². The van der Waals surface area contributed by atoms with Crippen molar-refractivity contribution < 1.29 is 9.59 Å². The molecule has 3 N–H and O–H groups in total. The average molecular weight is 236 g/mol. The van der Waals surface area contributed by atoms with E-state index in [1.54, 1.807) is 0 Å². The molecule has 0 saturated carbocycles. The zero-order chi connectivity index (χ0) is 12.6. The van der Waals surface area contributed by atoms with Crippen LogP contribution in [0.4, 0.5) is 4.79 Å². The van der Waals surface area contributed by atoms with Crippen LogP contribution in [0.15, 0.2) is 18.5 Å². The Morgan fingerprint density at radius 2 is 2.12 bits per heavy atom. The van der Waals surface area contributed by atoms with E-state index in [-0.39, 0.29) is 11.9 Å². The Hall–Kier alpha value is -1.82. The fourth-order valence-electron chi connectivity index (χ4n) is 2.18. The standard InChI is InChI=1S/C11H16N4O2/c1-14-6-3-8(7-14)11(4-5-12)9(16)15(2)10(17)13-11/h3,6-7H,4-5,12H2,1-2H3,(H,13,17). The van der Waals surface area contributed by atoms with E-state index in [1.165, 1.54) is 7.05 Å². The third-order valence-electron chi connectivity index (χ3n) is 3.14. The van der Waals surface area contributed by atoms with Crippen molar-refractivity contribution in [1.29, 1.82) is 0 Å². The lowest BCUT2D eigenvalue weighted by atomic mass is 9.88. The molecule has 0 bridgehead atoms. The number of hydrogen-bond acceptors (Lipinski definition) is 3. The van der Waals surface area contributed by atoms with Crippen LogP contribution in [0.3, 0.4) is 0 Å². The highest BCUT2D eigenvalue weighted by Gasteiger charge is 2.50. The number of nitrogens with two attached hydrogens (primary N) is 1. The zero-order valence-corrected chi connectivity index (χ0v) is 9.93. The maximum atomic E-state index is 12.2. The zero-order valence-electron chi connectivity index (χ0n) is 9.93. The topological polar surface area (TPSA) is 80.4 Å². The second-order valence-electron chi connectivity index (χ2n) is 4.30. The fraction of sp³-hybridized carbons (Fsp3) is 0.455. The van der Waals surface area contributed by atoms with Crippen molar-refractivity contribution in [3.05, 3.63) is 24.0 Å². The predicted molar refractivity (Wildman–Crippen MR) is 62.1 cm³/mol. The quantitative estimate of drug-likeness (QED) is 0.710. The summed E-state index contributed by atoms with van der Waals surface area (Å²) >= 11 is 0. The van der Waals surface area contributed by atoms with Gasteiger partial charge >= 0.3 is 6.03 Å². The third-order valence-corrected chi connectivity index (χ3v) is 3.14. The number of imide groups is 1. The van der Waals surface area contributed by atoms with Crippen molar-refractivity contribution in [3.8, 4) is 0 Å². The first-order valence-corrected chi connectivity index (χ1v) is 5.44. The summed E-state index contributed by atoms with van der Waals surface area (Å²) in [5.41, 5.74) is 5.34. The third kappa shape index (κ3) is 1.61. The monoisotopic (exact) mass is 236 g/mol. The largest absolute Gasteiger partial charge is 0.357 e. The molecular formula is C11H16N4O2. The van der Waals surface area contributed by atoms with Crippen LogP contribution in [-0.2, 0) is 17.4 Å². The molecule has 2 heterocycles. The lowest BCUT2D eigenvalue weighted by molar-refractivity contribution is -0.130. The SMILES string of the molecule is CN1C(=O)NC(CCN)(c2ccn(C)c2)C1=O. The lowest BCUT2D eigenvalue weighted by Gasteiger charge is -2.24. The van der Waals surface area contributed by atoms with Crippen LogP contribution in [0.5, 0.6) is 0 Å². The summed E-state index contributed by atoms with van der Waals surface area (Å²) in [5.74, 6) is -0.251. The second kappa shape index (κ2) is 3.89. The molecule has 1 aromatic heterocycles. The van der Waals surface area contributed by atoms with Crippen LogP contribution >= 0.6 is 0 Å². The number of rotatable bonds is 3. The molecule has 1 atom stereocenters. The van der Waals surface area contributed by atoms with Crippen molar-refractivity contribution in [2.75, 3.05) is 13.6 Å². The van der Waals surface area contributed by atoms with Gasteiger partial charge in [0.1, 0.15) is 5.54 Å². The molecule has 1 fully saturated rings. The lowest BCUT2D eigenvalue weighted by Crippen LogP contribution is -2.45. The van der Waals surface area contributed by atoms with Gasteiger partial charge in [-0.1, -0.05) is 0 Å². The van der Waals surface area contributed by atoms with Crippen molar-refractivity contribution in [1.82, 2.24) is 14.8 Å². The summed E-state index contributed by atoms with van der Waals surface area (Å²) in [7, 11) is 3.34. The first kappa shape index (κ1) is 11.7. The smallest absolute Gasteiger partial charge is 0.325 e. The van der Waals surface area contributed by atoms with Crippen molar-refractivity contribution >= 4 is 11.9 Å². The van der Waals surface area contributed by atoms with Gasteiger partial charge in [-0.3, -0.25) is 9.69 Å². The van der Waals surface area contributed by atoms with Gasteiger partial charge in [0.05, 0.1) is 0 Å². The number of carbonyl (C=O) groups is 2. The van der Waals surface area contributed by atoms with Gasteiger partial charge < -0.3 is 15.6 Å². The predicted octanol–water partition coefficient (Wildman–Crippen LogP) is -0.249. The van der Waals surface area contributed by atoms with Crippen LogP contribution in [0.25, 0.3) is 0 Å². The number of aromatic nitrogens is 1. The van der Waals surface area contributed by atoms with Gasteiger partial charge in [-0.05, 0) is 19.0 Å². The van der Waals surface area contributed by atoms with Crippen molar-refractivity contribution in [3.63, 3.8) is 0 Å². The van der Waals surface area contributed by atoms with Gasteiger partial charge in [0.25, 0.3) is 5.91 Å². The maximum absolute atomic E-state index is 12.2. The number of urea groups is 1. The summed E-state index contributed by atoms with van der Waals surface area (Å²) in [4.78, 5) is 24.9. The van der Waals surface area contributed by atoms with E-state index in [9.17, 15) is 9.59 Å².